The van der Waals surface area contributed by atoms with Gasteiger partial charge in [0.25, 0.3) is 5.56 Å². The van der Waals surface area contributed by atoms with Gasteiger partial charge in [-0.15, -0.1) is 0 Å². The Balaban J connectivity index is 2.31. The van der Waals surface area contributed by atoms with Gasteiger partial charge in [-0.1, -0.05) is 0 Å². The van der Waals surface area contributed by atoms with E-state index in [0.717, 1.165) is 0 Å². The van der Waals surface area contributed by atoms with Crippen molar-refractivity contribution in [3.63, 3.8) is 0 Å². The SMILES string of the molecule is COC1C(c2c[nH]c(=O)c(C)c2)OC(CO)C1O. The van der Waals surface area contributed by atoms with Crippen LogP contribution in [0.2, 0.25) is 0 Å². The van der Waals surface area contributed by atoms with Crippen LogP contribution in [0.3, 0.4) is 0 Å². The second kappa shape index (κ2) is 5.19. The monoisotopic (exact) mass is 255 g/mol. The van der Waals surface area contributed by atoms with Gasteiger partial charge in [0.15, 0.2) is 0 Å². The van der Waals surface area contributed by atoms with Gasteiger partial charge in [-0.25, -0.2) is 0 Å². The molecule has 2 heterocycles. The molecule has 0 saturated carbocycles. The van der Waals surface area contributed by atoms with Gasteiger partial charge in [0.05, 0.1) is 6.61 Å². The Bertz CT molecular complexity index is 472. The maximum atomic E-state index is 11.3. The van der Waals surface area contributed by atoms with E-state index in [1.165, 1.54) is 7.11 Å². The van der Waals surface area contributed by atoms with Crippen molar-refractivity contribution in [1.82, 2.24) is 4.98 Å². The van der Waals surface area contributed by atoms with Crippen LogP contribution >= 0.6 is 0 Å². The summed E-state index contributed by atoms with van der Waals surface area (Å²) >= 11 is 0. The van der Waals surface area contributed by atoms with Gasteiger partial charge in [0.2, 0.25) is 0 Å². The van der Waals surface area contributed by atoms with Crippen LogP contribution in [-0.2, 0) is 9.47 Å². The minimum atomic E-state index is -0.891. The smallest absolute Gasteiger partial charge is 0.250 e. The van der Waals surface area contributed by atoms with Crippen LogP contribution < -0.4 is 5.56 Å². The molecule has 0 bridgehead atoms. The number of ether oxygens (including phenoxy) is 2. The summed E-state index contributed by atoms with van der Waals surface area (Å²) in [5.41, 5.74) is 1.12. The fraction of sp³-hybridized carbons (Fsp3) is 0.583. The number of aliphatic hydroxyl groups excluding tert-OH is 2. The molecule has 3 N–H and O–H groups in total. The zero-order valence-corrected chi connectivity index (χ0v) is 10.3. The molecule has 0 radical (unpaired) electrons. The topological polar surface area (TPSA) is 91.8 Å². The molecule has 4 unspecified atom stereocenters. The van der Waals surface area contributed by atoms with Crippen molar-refractivity contribution in [3.05, 3.63) is 33.7 Å². The summed E-state index contributed by atoms with van der Waals surface area (Å²) in [4.78, 5) is 13.9. The van der Waals surface area contributed by atoms with E-state index in [1.807, 2.05) is 0 Å². The van der Waals surface area contributed by atoms with Gasteiger partial charge in [-0.3, -0.25) is 4.79 Å². The Morgan fingerprint density at radius 1 is 1.56 bits per heavy atom. The van der Waals surface area contributed by atoms with Gasteiger partial charge in [0, 0.05) is 24.4 Å². The number of H-pyrrole nitrogens is 1. The van der Waals surface area contributed by atoms with E-state index in [-0.39, 0.29) is 12.2 Å². The lowest BCUT2D eigenvalue weighted by atomic mass is 10.0. The molecule has 0 aliphatic carbocycles. The van der Waals surface area contributed by atoms with Crippen LogP contribution in [0, 0.1) is 6.92 Å². The van der Waals surface area contributed by atoms with Crippen molar-refractivity contribution >= 4 is 0 Å². The van der Waals surface area contributed by atoms with Crippen molar-refractivity contribution < 1.29 is 19.7 Å². The molecule has 1 aliphatic rings. The maximum absolute atomic E-state index is 11.3. The summed E-state index contributed by atoms with van der Waals surface area (Å²) < 4.78 is 10.8. The van der Waals surface area contributed by atoms with Crippen LogP contribution in [-0.4, -0.2) is 47.2 Å². The van der Waals surface area contributed by atoms with Crippen LogP contribution in [0.25, 0.3) is 0 Å². The average molecular weight is 255 g/mol. The minimum absolute atomic E-state index is 0.162. The Hall–Kier alpha value is -1.21. The van der Waals surface area contributed by atoms with Gasteiger partial charge < -0.3 is 24.7 Å². The van der Waals surface area contributed by atoms with E-state index in [2.05, 4.69) is 4.98 Å². The lowest BCUT2D eigenvalue weighted by Gasteiger charge is -2.18. The first kappa shape index (κ1) is 13.2. The van der Waals surface area contributed by atoms with Crippen molar-refractivity contribution in [2.45, 2.75) is 31.3 Å². The quantitative estimate of drug-likeness (QED) is 0.676. The molecule has 6 heteroatoms. The van der Waals surface area contributed by atoms with Crippen LogP contribution in [0.15, 0.2) is 17.1 Å². The fourth-order valence-corrected chi connectivity index (χ4v) is 2.20. The van der Waals surface area contributed by atoms with Crippen LogP contribution in [0.5, 0.6) is 0 Å². The molecule has 1 aliphatic heterocycles. The lowest BCUT2D eigenvalue weighted by Crippen LogP contribution is -2.33. The molecule has 1 saturated heterocycles. The third-order valence-electron chi connectivity index (χ3n) is 3.23. The number of aromatic amines is 1. The molecule has 100 valence electrons. The lowest BCUT2D eigenvalue weighted by molar-refractivity contribution is -0.0235. The predicted molar refractivity (Wildman–Crippen MR) is 63.3 cm³/mol. The van der Waals surface area contributed by atoms with Gasteiger partial charge in [0.1, 0.15) is 24.4 Å². The summed E-state index contributed by atoms with van der Waals surface area (Å²) in [6.45, 7) is 1.42. The molecule has 1 aromatic heterocycles. The normalized spacial score (nSPS) is 31.8. The highest BCUT2D eigenvalue weighted by molar-refractivity contribution is 5.22. The standard InChI is InChI=1S/C12H17NO5/c1-6-3-7(4-13-12(6)16)10-11(17-2)9(15)8(5-14)18-10/h3-4,8-11,14-15H,5H2,1-2H3,(H,13,16). The van der Waals surface area contributed by atoms with E-state index < -0.39 is 24.4 Å². The first-order chi connectivity index (χ1) is 8.58. The summed E-state index contributed by atoms with van der Waals surface area (Å²) in [5, 5.41) is 19.0. The first-order valence-corrected chi connectivity index (χ1v) is 5.75. The summed E-state index contributed by atoms with van der Waals surface area (Å²) in [6.07, 6.45) is -1.09. The molecule has 6 nitrogen and oxygen atoms in total. The predicted octanol–water partition coefficient (Wildman–Crippen LogP) is -0.509. The van der Waals surface area contributed by atoms with Crippen molar-refractivity contribution in [2.75, 3.05) is 13.7 Å². The van der Waals surface area contributed by atoms with E-state index >= 15 is 0 Å². The molecular formula is C12H17NO5. The summed E-state index contributed by atoms with van der Waals surface area (Å²) in [6, 6.07) is 1.70. The van der Waals surface area contributed by atoms with E-state index in [1.54, 1.807) is 19.2 Å². The number of pyridine rings is 1. The van der Waals surface area contributed by atoms with Crippen molar-refractivity contribution in [1.29, 1.82) is 0 Å². The minimum Gasteiger partial charge on any atom is -0.394 e. The van der Waals surface area contributed by atoms with Gasteiger partial charge in [-0.2, -0.15) is 0 Å². The highest BCUT2D eigenvalue weighted by Crippen LogP contribution is 2.34. The first-order valence-electron chi connectivity index (χ1n) is 5.75. The summed E-state index contributed by atoms with van der Waals surface area (Å²) in [7, 11) is 1.47. The Morgan fingerprint density at radius 3 is 2.83 bits per heavy atom. The third-order valence-corrected chi connectivity index (χ3v) is 3.23. The zero-order valence-electron chi connectivity index (χ0n) is 10.3. The van der Waals surface area contributed by atoms with Crippen LogP contribution in [0.4, 0.5) is 0 Å². The largest absolute Gasteiger partial charge is 0.394 e. The maximum Gasteiger partial charge on any atom is 0.250 e. The number of aliphatic hydroxyl groups is 2. The summed E-state index contributed by atoms with van der Waals surface area (Å²) in [5.74, 6) is 0. The number of hydrogen-bond donors (Lipinski definition) is 3. The molecule has 0 aromatic carbocycles. The number of rotatable bonds is 3. The van der Waals surface area contributed by atoms with Crippen LogP contribution in [0.1, 0.15) is 17.2 Å². The number of aromatic nitrogens is 1. The molecule has 2 rings (SSSR count). The molecule has 0 spiro atoms. The van der Waals surface area contributed by atoms with Gasteiger partial charge in [-0.05, 0) is 13.0 Å². The highest BCUT2D eigenvalue weighted by Gasteiger charge is 2.44. The Kier molecular flexibility index (Phi) is 3.82. The average Bonchev–Trinajstić information content (AvgIpc) is 2.69. The molecule has 1 aromatic rings. The van der Waals surface area contributed by atoms with Crippen molar-refractivity contribution in [3.8, 4) is 0 Å². The number of aryl methyl sites for hydroxylation is 1. The van der Waals surface area contributed by atoms with E-state index in [0.29, 0.717) is 11.1 Å². The molecular weight excluding hydrogens is 238 g/mol. The van der Waals surface area contributed by atoms with E-state index in [4.69, 9.17) is 14.6 Å². The Morgan fingerprint density at radius 2 is 2.28 bits per heavy atom. The molecule has 1 fully saturated rings. The molecule has 18 heavy (non-hydrogen) atoms. The number of nitrogens with one attached hydrogen (secondary N) is 1. The Labute approximate surface area is 104 Å². The third kappa shape index (κ3) is 2.20. The fourth-order valence-electron chi connectivity index (χ4n) is 2.20. The second-order valence-corrected chi connectivity index (χ2v) is 4.41. The molecule has 0 amide bonds. The van der Waals surface area contributed by atoms with Crippen molar-refractivity contribution in [2.24, 2.45) is 0 Å². The van der Waals surface area contributed by atoms with Gasteiger partial charge >= 0.3 is 0 Å². The molecule has 4 atom stereocenters. The highest BCUT2D eigenvalue weighted by atomic mass is 16.6. The zero-order chi connectivity index (χ0) is 13.3. The number of hydrogen-bond acceptors (Lipinski definition) is 5. The van der Waals surface area contributed by atoms with E-state index in [9.17, 15) is 9.90 Å². The number of methoxy groups -OCH3 is 1. The second-order valence-electron chi connectivity index (χ2n) is 4.41.